The first kappa shape index (κ1) is 16.5. The highest BCUT2D eigenvalue weighted by Crippen LogP contribution is 2.44. The van der Waals surface area contributed by atoms with E-state index in [-0.39, 0.29) is 23.4 Å². The van der Waals surface area contributed by atoms with Gasteiger partial charge in [0.15, 0.2) is 5.78 Å². The second-order valence-electron chi connectivity index (χ2n) is 6.72. The Morgan fingerprint density at radius 2 is 1.50 bits per heavy atom. The Labute approximate surface area is 152 Å². The number of Topliss-reactive ketones (excluding diaryl/α,β-unsaturated/α-hetero) is 1. The number of fused-ring (bicyclic) bond motifs is 1. The van der Waals surface area contributed by atoms with Gasteiger partial charge in [-0.2, -0.15) is 0 Å². The van der Waals surface area contributed by atoms with Crippen molar-refractivity contribution in [1.29, 1.82) is 0 Å². The van der Waals surface area contributed by atoms with Crippen molar-refractivity contribution in [2.75, 3.05) is 0 Å². The van der Waals surface area contributed by atoms with Crippen LogP contribution in [0.1, 0.15) is 45.8 Å². The normalized spacial score (nSPS) is 18.8. The van der Waals surface area contributed by atoms with E-state index in [9.17, 15) is 9.18 Å². The molecular weight excluding hydrogens is 323 g/mol. The third kappa shape index (κ3) is 2.88. The molecule has 1 aliphatic carbocycles. The zero-order chi connectivity index (χ0) is 18.1. The molecule has 0 amide bonds. The van der Waals surface area contributed by atoms with Crippen molar-refractivity contribution in [3.63, 3.8) is 0 Å². The summed E-state index contributed by atoms with van der Waals surface area (Å²) in [5.41, 5.74) is 4.95. The Morgan fingerprint density at radius 1 is 0.846 bits per heavy atom. The third-order valence-corrected chi connectivity index (χ3v) is 5.11. The molecule has 2 heteroatoms. The summed E-state index contributed by atoms with van der Waals surface area (Å²) in [6, 6.07) is 24.0. The van der Waals surface area contributed by atoms with Crippen LogP contribution in [0.25, 0.3) is 5.57 Å². The van der Waals surface area contributed by atoms with Crippen LogP contribution in [0.4, 0.5) is 4.39 Å². The predicted molar refractivity (Wildman–Crippen MR) is 103 cm³/mol. The summed E-state index contributed by atoms with van der Waals surface area (Å²) in [5, 5.41) is 0. The zero-order valence-electron chi connectivity index (χ0n) is 14.5. The maximum Gasteiger partial charge on any atom is 0.171 e. The zero-order valence-corrected chi connectivity index (χ0v) is 14.5. The Balaban J connectivity index is 1.87. The van der Waals surface area contributed by atoms with E-state index < -0.39 is 0 Å². The lowest BCUT2D eigenvalue weighted by molar-refractivity contribution is 0.0952. The highest BCUT2D eigenvalue weighted by atomic mass is 19.1. The van der Waals surface area contributed by atoms with Crippen molar-refractivity contribution in [2.45, 2.75) is 18.8 Å². The standard InChI is InChI=1S/C24H19FO/c1-16-15-22(17-11-13-19(25)14-12-17)23(21-10-6-5-9-20(16)21)24(26)18-7-3-2-4-8-18/h2-15,22-23H,1H3. The molecule has 128 valence electrons. The van der Waals surface area contributed by atoms with Crippen molar-refractivity contribution in [1.82, 2.24) is 0 Å². The topological polar surface area (TPSA) is 17.1 Å². The summed E-state index contributed by atoms with van der Waals surface area (Å²) < 4.78 is 13.4. The Morgan fingerprint density at radius 3 is 2.23 bits per heavy atom. The molecule has 0 N–H and O–H groups in total. The lowest BCUT2D eigenvalue weighted by atomic mass is 9.71. The van der Waals surface area contributed by atoms with Crippen LogP contribution in [-0.2, 0) is 0 Å². The summed E-state index contributed by atoms with van der Waals surface area (Å²) in [4.78, 5) is 13.4. The highest BCUT2D eigenvalue weighted by molar-refractivity contribution is 6.03. The van der Waals surface area contributed by atoms with Crippen LogP contribution in [0.3, 0.4) is 0 Å². The van der Waals surface area contributed by atoms with Crippen LogP contribution in [0.15, 0.2) is 84.9 Å². The van der Waals surface area contributed by atoms with Crippen molar-refractivity contribution in [3.05, 3.63) is 113 Å². The van der Waals surface area contributed by atoms with Gasteiger partial charge in [0.05, 0.1) is 5.92 Å². The van der Waals surface area contributed by atoms with Gasteiger partial charge in [-0.3, -0.25) is 4.79 Å². The maximum absolute atomic E-state index is 13.4. The fourth-order valence-corrected chi connectivity index (χ4v) is 3.84. The van der Waals surface area contributed by atoms with Gasteiger partial charge in [-0.1, -0.05) is 72.8 Å². The fraction of sp³-hybridized carbons (Fsp3) is 0.125. The number of hydrogen-bond donors (Lipinski definition) is 0. The van der Waals surface area contributed by atoms with Crippen LogP contribution in [0, 0.1) is 5.82 Å². The molecule has 2 unspecified atom stereocenters. The summed E-state index contributed by atoms with van der Waals surface area (Å²) >= 11 is 0. The van der Waals surface area contributed by atoms with Gasteiger partial charge in [-0.15, -0.1) is 0 Å². The molecule has 0 saturated carbocycles. The molecule has 0 saturated heterocycles. The molecular formula is C24H19FO. The van der Waals surface area contributed by atoms with Gasteiger partial charge in [-0.25, -0.2) is 4.39 Å². The van der Waals surface area contributed by atoms with E-state index in [1.54, 1.807) is 12.1 Å². The first-order valence-electron chi connectivity index (χ1n) is 8.77. The van der Waals surface area contributed by atoms with Gasteiger partial charge < -0.3 is 0 Å². The smallest absolute Gasteiger partial charge is 0.171 e. The molecule has 0 heterocycles. The molecule has 0 aromatic heterocycles. The number of benzene rings is 3. The number of carbonyl (C=O) groups excluding carboxylic acids is 1. The Bertz CT molecular complexity index is 971. The minimum absolute atomic E-state index is 0.0936. The molecule has 1 nitrogen and oxygen atoms in total. The lowest BCUT2D eigenvalue weighted by Crippen LogP contribution is -2.23. The van der Waals surface area contributed by atoms with Crippen LogP contribution >= 0.6 is 0 Å². The highest BCUT2D eigenvalue weighted by Gasteiger charge is 2.35. The summed E-state index contributed by atoms with van der Waals surface area (Å²) in [6.07, 6.45) is 2.14. The van der Waals surface area contributed by atoms with Crippen molar-refractivity contribution in [2.24, 2.45) is 0 Å². The molecule has 0 spiro atoms. The Hall–Kier alpha value is -3.00. The van der Waals surface area contributed by atoms with E-state index >= 15 is 0 Å². The van der Waals surface area contributed by atoms with Gasteiger partial charge in [0.25, 0.3) is 0 Å². The monoisotopic (exact) mass is 342 g/mol. The van der Waals surface area contributed by atoms with Crippen molar-refractivity contribution in [3.8, 4) is 0 Å². The molecule has 0 bridgehead atoms. The van der Waals surface area contributed by atoms with Gasteiger partial charge in [-0.05, 0) is 41.3 Å². The lowest BCUT2D eigenvalue weighted by Gasteiger charge is -2.31. The second-order valence-corrected chi connectivity index (χ2v) is 6.72. The average molecular weight is 342 g/mol. The van der Waals surface area contributed by atoms with E-state index in [1.165, 1.54) is 12.1 Å². The summed E-state index contributed by atoms with van der Waals surface area (Å²) in [6.45, 7) is 2.07. The summed E-state index contributed by atoms with van der Waals surface area (Å²) in [5.74, 6) is -0.603. The van der Waals surface area contributed by atoms with Crippen LogP contribution in [0.2, 0.25) is 0 Å². The van der Waals surface area contributed by atoms with Gasteiger partial charge >= 0.3 is 0 Å². The number of halogens is 1. The molecule has 26 heavy (non-hydrogen) atoms. The molecule has 0 fully saturated rings. The number of carbonyl (C=O) groups is 1. The van der Waals surface area contributed by atoms with Crippen molar-refractivity contribution < 1.29 is 9.18 Å². The van der Waals surface area contributed by atoms with E-state index in [0.717, 1.165) is 22.3 Å². The second kappa shape index (κ2) is 6.72. The molecule has 3 aromatic rings. The van der Waals surface area contributed by atoms with Crippen LogP contribution in [0.5, 0.6) is 0 Å². The number of allylic oxidation sites excluding steroid dienone is 2. The number of rotatable bonds is 3. The SMILES string of the molecule is CC1=CC(c2ccc(F)cc2)C(C(=O)c2ccccc2)c2ccccc21. The molecule has 0 aliphatic heterocycles. The predicted octanol–water partition coefficient (Wildman–Crippen LogP) is 5.99. The van der Waals surface area contributed by atoms with E-state index in [1.807, 2.05) is 48.5 Å². The Kier molecular flexibility index (Phi) is 4.26. The third-order valence-electron chi connectivity index (χ3n) is 5.11. The molecule has 1 aliphatic rings. The fourth-order valence-electron chi connectivity index (χ4n) is 3.84. The van der Waals surface area contributed by atoms with E-state index in [4.69, 9.17) is 0 Å². The molecule has 2 atom stereocenters. The van der Waals surface area contributed by atoms with Gasteiger partial charge in [0.2, 0.25) is 0 Å². The number of hydrogen-bond acceptors (Lipinski definition) is 1. The quantitative estimate of drug-likeness (QED) is 0.534. The molecule has 3 aromatic carbocycles. The largest absolute Gasteiger partial charge is 0.293 e. The van der Waals surface area contributed by atoms with Crippen molar-refractivity contribution >= 4 is 11.4 Å². The van der Waals surface area contributed by atoms with Gasteiger partial charge in [0.1, 0.15) is 5.82 Å². The number of ketones is 1. The maximum atomic E-state index is 13.4. The molecule has 0 radical (unpaired) electrons. The van der Waals surface area contributed by atoms with Crippen LogP contribution in [-0.4, -0.2) is 5.78 Å². The first-order chi connectivity index (χ1) is 12.6. The first-order valence-corrected chi connectivity index (χ1v) is 8.77. The van der Waals surface area contributed by atoms with Crippen LogP contribution < -0.4 is 0 Å². The van der Waals surface area contributed by atoms with Gasteiger partial charge in [0, 0.05) is 11.5 Å². The minimum atomic E-state index is -0.317. The molecule has 4 rings (SSSR count). The van der Waals surface area contributed by atoms with E-state index in [0.29, 0.717) is 5.56 Å². The average Bonchev–Trinajstić information content (AvgIpc) is 2.69. The minimum Gasteiger partial charge on any atom is -0.293 e. The summed E-state index contributed by atoms with van der Waals surface area (Å²) in [7, 11) is 0. The van der Waals surface area contributed by atoms with E-state index in [2.05, 4.69) is 19.1 Å².